The van der Waals surface area contributed by atoms with Gasteiger partial charge in [0.15, 0.2) is 6.10 Å². The van der Waals surface area contributed by atoms with Crippen LogP contribution in [0, 0.1) is 5.41 Å². The highest BCUT2D eigenvalue weighted by Gasteiger charge is 2.43. The Morgan fingerprint density at radius 1 is 1.79 bits per heavy atom. The molecule has 0 aliphatic carbocycles. The van der Waals surface area contributed by atoms with Crippen LogP contribution in [-0.2, 0) is 14.3 Å². The van der Waals surface area contributed by atoms with E-state index in [2.05, 4.69) is 4.74 Å². The second-order valence-electron chi connectivity index (χ2n) is 3.65. The van der Waals surface area contributed by atoms with Crippen molar-refractivity contribution in [1.82, 2.24) is 0 Å². The van der Waals surface area contributed by atoms with Gasteiger partial charge in [0, 0.05) is 18.6 Å². The van der Waals surface area contributed by atoms with E-state index in [4.69, 9.17) is 10.5 Å². The van der Waals surface area contributed by atoms with Crippen molar-refractivity contribution in [2.75, 3.05) is 26.9 Å². The SMILES string of the molecule is COC(=O)C(O)C1(CN)CCCOC1. The molecule has 0 aromatic heterocycles. The van der Waals surface area contributed by atoms with Crippen molar-refractivity contribution in [3.05, 3.63) is 0 Å². The van der Waals surface area contributed by atoms with Gasteiger partial charge in [0.1, 0.15) is 0 Å². The lowest BCUT2D eigenvalue weighted by atomic mass is 9.77. The van der Waals surface area contributed by atoms with Gasteiger partial charge in [-0.3, -0.25) is 0 Å². The number of aliphatic hydroxyl groups is 1. The van der Waals surface area contributed by atoms with Gasteiger partial charge in [-0.1, -0.05) is 0 Å². The van der Waals surface area contributed by atoms with E-state index in [1.165, 1.54) is 7.11 Å². The zero-order valence-corrected chi connectivity index (χ0v) is 8.36. The quantitative estimate of drug-likeness (QED) is 0.591. The number of rotatable bonds is 3. The molecular weight excluding hydrogens is 186 g/mol. The lowest BCUT2D eigenvalue weighted by Gasteiger charge is -2.38. The van der Waals surface area contributed by atoms with Gasteiger partial charge >= 0.3 is 5.97 Å². The summed E-state index contributed by atoms with van der Waals surface area (Å²) < 4.78 is 9.74. The molecule has 1 aliphatic rings. The molecule has 0 aromatic rings. The van der Waals surface area contributed by atoms with Gasteiger partial charge in [0.25, 0.3) is 0 Å². The van der Waals surface area contributed by atoms with Crippen molar-refractivity contribution in [1.29, 1.82) is 0 Å². The van der Waals surface area contributed by atoms with E-state index in [-0.39, 0.29) is 6.54 Å². The largest absolute Gasteiger partial charge is 0.467 e. The minimum absolute atomic E-state index is 0.225. The van der Waals surface area contributed by atoms with Crippen molar-refractivity contribution in [3.8, 4) is 0 Å². The van der Waals surface area contributed by atoms with Crippen LogP contribution in [0.5, 0.6) is 0 Å². The van der Waals surface area contributed by atoms with Gasteiger partial charge in [-0.05, 0) is 12.8 Å². The third kappa shape index (κ3) is 2.05. The first kappa shape index (κ1) is 11.4. The second-order valence-corrected chi connectivity index (χ2v) is 3.65. The Balaban J connectivity index is 2.71. The topological polar surface area (TPSA) is 81.8 Å². The molecule has 0 saturated carbocycles. The maximum atomic E-state index is 11.2. The number of hydrogen-bond donors (Lipinski definition) is 2. The summed E-state index contributed by atoms with van der Waals surface area (Å²) in [5.41, 5.74) is 4.92. The van der Waals surface area contributed by atoms with E-state index in [0.29, 0.717) is 19.6 Å². The predicted molar refractivity (Wildman–Crippen MR) is 49.6 cm³/mol. The number of carbonyl (C=O) groups excluding carboxylic acids is 1. The first-order valence-electron chi connectivity index (χ1n) is 4.70. The standard InChI is InChI=1S/C9H17NO4/c1-13-8(12)7(11)9(5-10)3-2-4-14-6-9/h7,11H,2-6,10H2,1H3. The zero-order chi connectivity index (χ0) is 10.6. The normalized spacial score (nSPS) is 29.6. The summed E-state index contributed by atoms with van der Waals surface area (Å²) in [7, 11) is 1.25. The highest BCUT2D eigenvalue weighted by Crippen LogP contribution is 2.31. The van der Waals surface area contributed by atoms with E-state index in [1.807, 2.05) is 0 Å². The van der Waals surface area contributed by atoms with Crippen LogP contribution in [0.1, 0.15) is 12.8 Å². The number of aliphatic hydroxyl groups excluding tert-OH is 1. The zero-order valence-electron chi connectivity index (χ0n) is 8.36. The van der Waals surface area contributed by atoms with E-state index in [1.54, 1.807) is 0 Å². The summed E-state index contributed by atoms with van der Waals surface area (Å²) in [5.74, 6) is -0.638. The van der Waals surface area contributed by atoms with Crippen LogP contribution >= 0.6 is 0 Å². The van der Waals surface area contributed by atoms with Crippen LogP contribution in [0.4, 0.5) is 0 Å². The maximum Gasteiger partial charge on any atom is 0.335 e. The number of carbonyl (C=O) groups is 1. The molecule has 0 spiro atoms. The lowest BCUT2D eigenvalue weighted by molar-refractivity contribution is -0.165. The molecule has 14 heavy (non-hydrogen) atoms. The predicted octanol–water partition coefficient (Wildman–Crippen LogP) is -0.724. The third-order valence-electron chi connectivity index (χ3n) is 2.76. The first-order chi connectivity index (χ1) is 6.66. The summed E-state index contributed by atoms with van der Waals surface area (Å²) in [6.07, 6.45) is 0.322. The Kier molecular flexibility index (Phi) is 3.86. The molecule has 1 fully saturated rings. The van der Waals surface area contributed by atoms with Gasteiger partial charge in [-0.25, -0.2) is 4.79 Å². The molecule has 1 saturated heterocycles. The molecular formula is C9H17NO4. The van der Waals surface area contributed by atoms with E-state index < -0.39 is 17.5 Å². The Morgan fingerprint density at radius 2 is 2.50 bits per heavy atom. The van der Waals surface area contributed by atoms with Crippen LogP contribution in [0.15, 0.2) is 0 Å². The number of methoxy groups -OCH3 is 1. The third-order valence-corrected chi connectivity index (χ3v) is 2.76. The summed E-state index contributed by atoms with van der Waals surface area (Å²) in [6, 6.07) is 0. The Bertz CT molecular complexity index is 201. The molecule has 0 aromatic carbocycles. The smallest absolute Gasteiger partial charge is 0.335 e. The van der Waals surface area contributed by atoms with Crippen LogP contribution in [0.3, 0.4) is 0 Å². The summed E-state index contributed by atoms with van der Waals surface area (Å²) in [6.45, 7) is 1.21. The second kappa shape index (κ2) is 4.72. The Morgan fingerprint density at radius 3 is 2.93 bits per heavy atom. The molecule has 3 N–H and O–H groups in total. The Labute approximate surface area is 83.2 Å². The Hall–Kier alpha value is -0.650. The minimum Gasteiger partial charge on any atom is -0.467 e. The summed E-state index contributed by atoms with van der Waals surface area (Å²) in [4.78, 5) is 11.2. The molecule has 0 radical (unpaired) electrons. The fraction of sp³-hybridized carbons (Fsp3) is 0.889. The molecule has 2 atom stereocenters. The van der Waals surface area contributed by atoms with Gasteiger partial charge in [0.05, 0.1) is 13.7 Å². The number of esters is 1. The fourth-order valence-corrected chi connectivity index (χ4v) is 1.72. The van der Waals surface area contributed by atoms with Gasteiger partial charge in [-0.2, -0.15) is 0 Å². The first-order valence-corrected chi connectivity index (χ1v) is 4.70. The van der Waals surface area contributed by atoms with E-state index in [0.717, 1.165) is 6.42 Å². The highest BCUT2D eigenvalue weighted by atomic mass is 16.5. The van der Waals surface area contributed by atoms with Gasteiger partial charge in [0.2, 0.25) is 0 Å². The van der Waals surface area contributed by atoms with Crippen LogP contribution in [-0.4, -0.2) is 44.0 Å². The van der Waals surface area contributed by atoms with Crippen LogP contribution in [0.25, 0.3) is 0 Å². The molecule has 1 heterocycles. The summed E-state index contributed by atoms with van der Waals surface area (Å²) >= 11 is 0. The highest BCUT2D eigenvalue weighted by molar-refractivity contribution is 5.75. The fourth-order valence-electron chi connectivity index (χ4n) is 1.72. The van der Waals surface area contributed by atoms with Crippen molar-refractivity contribution in [2.24, 2.45) is 11.1 Å². The van der Waals surface area contributed by atoms with Crippen LogP contribution < -0.4 is 5.73 Å². The summed E-state index contributed by atoms with van der Waals surface area (Å²) in [5, 5.41) is 9.76. The molecule has 2 unspecified atom stereocenters. The molecule has 5 nitrogen and oxygen atoms in total. The van der Waals surface area contributed by atoms with Crippen molar-refractivity contribution in [2.45, 2.75) is 18.9 Å². The number of ether oxygens (including phenoxy) is 2. The average Bonchev–Trinajstić information content (AvgIpc) is 2.28. The van der Waals surface area contributed by atoms with Gasteiger partial charge < -0.3 is 20.3 Å². The van der Waals surface area contributed by atoms with Crippen molar-refractivity contribution >= 4 is 5.97 Å². The monoisotopic (exact) mass is 203 g/mol. The molecule has 0 bridgehead atoms. The molecule has 1 aliphatic heterocycles. The number of nitrogens with two attached hydrogens (primary N) is 1. The average molecular weight is 203 g/mol. The van der Waals surface area contributed by atoms with E-state index in [9.17, 15) is 9.90 Å². The molecule has 5 heteroatoms. The lowest BCUT2D eigenvalue weighted by Crippen LogP contribution is -2.51. The maximum absolute atomic E-state index is 11.2. The van der Waals surface area contributed by atoms with Gasteiger partial charge in [-0.15, -0.1) is 0 Å². The number of hydrogen-bond acceptors (Lipinski definition) is 5. The van der Waals surface area contributed by atoms with Crippen LogP contribution in [0.2, 0.25) is 0 Å². The van der Waals surface area contributed by atoms with Crippen molar-refractivity contribution < 1.29 is 19.4 Å². The van der Waals surface area contributed by atoms with Crippen molar-refractivity contribution in [3.63, 3.8) is 0 Å². The molecule has 0 amide bonds. The molecule has 82 valence electrons. The minimum atomic E-state index is -1.18. The van der Waals surface area contributed by atoms with E-state index >= 15 is 0 Å². The molecule has 1 rings (SSSR count).